The van der Waals surface area contributed by atoms with Crippen molar-refractivity contribution in [1.29, 1.82) is 0 Å². The molecule has 138 valence electrons. The van der Waals surface area contributed by atoms with E-state index in [0.717, 1.165) is 42.6 Å². The van der Waals surface area contributed by atoms with E-state index in [9.17, 15) is 9.59 Å². The van der Waals surface area contributed by atoms with Crippen LogP contribution in [0.3, 0.4) is 0 Å². The number of carboxylic acids is 1. The van der Waals surface area contributed by atoms with Gasteiger partial charge in [0.15, 0.2) is 5.69 Å². The summed E-state index contributed by atoms with van der Waals surface area (Å²) in [5.74, 6) is -1.07. The van der Waals surface area contributed by atoms with Crippen molar-refractivity contribution in [1.82, 2.24) is 14.7 Å². The molecule has 3 rings (SSSR count). The Balaban J connectivity index is 1.93. The average Bonchev–Trinajstić information content (AvgIpc) is 3.24. The number of fused-ring (bicyclic) bond motifs is 1. The van der Waals surface area contributed by atoms with E-state index in [2.05, 4.69) is 24.2 Å². The molecule has 6 heteroatoms. The topological polar surface area (TPSA) is 75.4 Å². The molecular weight excluding hydrogens is 330 g/mol. The van der Waals surface area contributed by atoms with E-state index in [1.807, 2.05) is 23.7 Å². The molecule has 6 nitrogen and oxygen atoms in total. The van der Waals surface area contributed by atoms with Crippen molar-refractivity contribution in [2.75, 3.05) is 13.1 Å². The van der Waals surface area contributed by atoms with Crippen molar-refractivity contribution in [2.45, 2.75) is 46.0 Å². The number of carbonyl (C=O) groups excluding carboxylic acids is 1. The normalized spacial score (nSPS) is 12.8. The van der Waals surface area contributed by atoms with E-state index in [1.54, 1.807) is 4.90 Å². The van der Waals surface area contributed by atoms with Gasteiger partial charge in [-0.15, -0.1) is 0 Å². The minimum absolute atomic E-state index is 0.0546. The zero-order chi connectivity index (χ0) is 18.7. The number of nitrogens with zero attached hydrogens (tertiary/aromatic N) is 3. The van der Waals surface area contributed by atoms with Gasteiger partial charge in [0.25, 0.3) is 5.91 Å². The zero-order valence-electron chi connectivity index (χ0n) is 15.4. The molecule has 0 radical (unpaired) electrons. The SMILES string of the molecule is CCc1ccc(-n2nc(C(=O)N(CC)CCC(=O)O)c3c2CCC3)cc1. The van der Waals surface area contributed by atoms with Gasteiger partial charge in [0.05, 0.1) is 12.1 Å². The summed E-state index contributed by atoms with van der Waals surface area (Å²) in [4.78, 5) is 25.4. The van der Waals surface area contributed by atoms with Crippen molar-refractivity contribution in [3.63, 3.8) is 0 Å². The van der Waals surface area contributed by atoms with Crippen molar-refractivity contribution >= 4 is 11.9 Å². The summed E-state index contributed by atoms with van der Waals surface area (Å²) in [6, 6.07) is 8.26. The molecular formula is C20H25N3O3. The van der Waals surface area contributed by atoms with Crippen LogP contribution in [-0.4, -0.2) is 44.8 Å². The molecule has 0 bridgehead atoms. The smallest absolute Gasteiger partial charge is 0.305 e. The van der Waals surface area contributed by atoms with Gasteiger partial charge >= 0.3 is 5.97 Å². The standard InChI is InChI=1S/C20H25N3O3/c1-3-14-8-10-15(11-9-14)23-17-7-5-6-16(17)19(21-23)20(26)22(4-2)13-12-18(24)25/h8-11H,3-7,12-13H2,1-2H3,(H,24,25). The van der Waals surface area contributed by atoms with Gasteiger partial charge in [-0.2, -0.15) is 5.10 Å². The fourth-order valence-electron chi connectivity index (χ4n) is 3.48. The molecule has 2 aromatic rings. The summed E-state index contributed by atoms with van der Waals surface area (Å²) in [5, 5.41) is 13.5. The third kappa shape index (κ3) is 3.49. The Morgan fingerprint density at radius 3 is 2.54 bits per heavy atom. The summed E-state index contributed by atoms with van der Waals surface area (Å²) in [6.45, 7) is 4.66. The molecule has 1 aromatic carbocycles. The Hall–Kier alpha value is -2.63. The van der Waals surface area contributed by atoms with Crippen LogP contribution in [0.4, 0.5) is 0 Å². The fraction of sp³-hybridized carbons (Fsp3) is 0.450. The number of rotatable bonds is 7. The van der Waals surface area contributed by atoms with Crippen molar-refractivity contribution in [2.24, 2.45) is 0 Å². The highest BCUT2D eigenvalue weighted by Gasteiger charge is 2.29. The van der Waals surface area contributed by atoms with Crippen LogP contribution in [0.15, 0.2) is 24.3 Å². The number of aliphatic carboxylic acids is 1. The minimum Gasteiger partial charge on any atom is -0.481 e. The van der Waals surface area contributed by atoms with Crippen LogP contribution in [0.2, 0.25) is 0 Å². The van der Waals surface area contributed by atoms with Gasteiger partial charge in [0, 0.05) is 24.3 Å². The van der Waals surface area contributed by atoms with Crippen molar-refractivity contribution in [3.8, 4) is 5.69 Å². The van der Waals surface area contributed by atoms with E-state index in [1.165, 1.54) is 5.56 Å². The van der Waals surface area contributed by atoms with Gasteiger partial charge in [0.1, 0.15) is 0 Å². The highest BCUT2D eigenvalue weighted by Crippen LogP contribution is 2.28. The molecule has 0 atom stereocenters. The Kier molecular flexibility index (Phi) is 5.40. The minimum atomic E-state index is -0.900. The molecule has 1 heterocycles. The molecule has 1 N–H and O–H groups in total. The number of benzene rings is 1. The maximum atomic E-state index is 13.0. The van der Waals surface area contributed by atoms with E-state index < -0.39 is 5.97 Å². The lowest BCUT2D eigenvalue weighted by atomic mass is 10.1. The molecule has 1 amide bonds. The number of aromatic nitrogens is 2. The molecule has 0 saturated heterocycles. The first-order valence-corrected chi connectivity index (χ1v) is 9.26. The molecule has 1 aromatic heterocycles. The first-order chi connectivity index (χ1) is 12.5. The molecule has 0 fully saturated rings. The van der Waals surface area contributed by atoms with Gasteiger partial charge < -0.3 is 10.0 Å². The van der Waals surface area contributed by atoms with E-state index in [4.69, 9.17) is 5.11 Å². The lowest BCUT2D eigenvalue weighted by molar-refractivity contribution is -0.137. The van der Waals surface area contributed by atoms with Gasteiger partial charge in [-0.05, 0) is 50.3 Å². The van der Waals surface area contributed by atoms with E-state index >= 15 is 0 Å². The maximum absolute atomic E-state index is 13.0. The number of aryl methyl sites for hydroxylation is 1. The maximum Gasteiger partial charge on any atom is 0.305 e. The molecule has 26 heavy (non-hydrogen) atoms. The van der Waals surface area contributed by atoms with Crippen LogP contribution in [0, 0.1) is 0 Å². The summed E-state index contributed by atoms with van der Waals surface area (Å²) >= 11 is 0. The largest absolute Gasteiger partial charge is 0.481 e. The molecule has 0 saturated carbocycles. The van der Waals surface area contributed by atoms with Crippen LogP contribution < -0.4 is 0 Å². The Bertz CT molecular complexity index is 808. The summed E-state index contributed by atoms with van der Waals surface area (Å²) < 4.78 is 1.89. The number of carboxylic acid groups (broad SMARTS) is 1. The van der Waals surface area contributed by atoms with Crippen LogP contribution in [0.25, 0.3) is 5.69 Å². The Labute approximate surface area is 153 Å². The highest BCUT2D eigenvalue weighted by atomic mass is 16.4. The molecule has 1 aliphatic carbocycles. The first kappa shape index (κ1) is 18.2. The molecule has 0 unspecified atom stereocenters. The monoisotopic (exact) mass is 355 g/mol. The quantitative estimate of drug-likeness (QED) is 0.829. The van der Waals surface area contributed by atoms with Crippen LogP contribution >= 0.6 is 0 Å². The van der Waals surface area contributed by atoms with Crippen LogP contribution in [0.1, 0.15) is 54.0 Å². The predicted octanol–water partition coefficient (Wildman–Crippen LogP) is 2.86. The van der Waals surface area contributed by atoms with E-state index in [-0.39, 0.29) is 18.9 Å². The van der Waals surface area contributed by atoms with Gasteiger partial charge in [-0.1, -0.05) is 19.1 Å². The second kappa shape index (κ2) is 7.72. The second-order valence-corrected chi connectivity index (χ2v) is 6.59. The van der Waals surface area contributed by atoms with Gasteiger partial charge in [0.2, 0.25) is 0 Å². The fourth-order valence-corrected chi connectivity index (χ4v) is 3.48. The zero-order valence-corrected chi connectivity index (χ0v) is 15.4. The van der Waals surface area contributed by atoms with Gasteiger partial charge in [-0.25, -0.2) is 4.68 Å². The third-order valence-electron chi connectivity index (χ3n) is 4.99. The Morgan fingerprint density at radius 1 is 1.19 bits per heavy atom. The highest BCUT2D eigenvalue weighted by molar-refractivity contribution is 5.94. The number of hydrogen-bond donors (Lipinski definition) is 1. The molecule has 0 spiro atoms. The van der Waals surface area contributed by atoms with Crippen molar-refractivity contribution < 1.29 is 14.7 Å². The number of hydrogen-bond acceptors (Lipinski definition) is 3. The number of carbonyl (C=O) groups is 2. The van der Waals surface area contributed by atoms with Crippen LogP contribution in [-0.2, 0) is 24.1 Å². The second-order valence-electron chi connectivity index (χ2n) is 6.59. The first-order valence-electron chi connectivity index (χ1n) is 9.26. The summed E-state index contributed by atoms with van der Waals surface area (Å²) in [5.41, 5.74) is 4.83. The molecule has 0 aliphatic heterocycles. The van der Waals surface area contributed by atoms with E-state index in [0.29, 0.717) is 12.2 Å². The summed E-state index contributed by atoms with van der Waals surface area (Å²) in [7, 11) is 0. The summed E-state index contributed by atoms with van der Waals surface area (Å²) in [6.07, 6.45) is 3.70. The van der Waals surface area contributed by atoms with Crippen LogP contribution in [0.5, 0.6) is 0 Å². The Morgan fingerprint density at radius 2 is 1.92 bits per heavy atom. The average molecular weight is 355 g/mol. The van der Waals surface area contributed by atoms with Crippen molar-refractivity contribution in [3.05, 3.63) is 46.8 Å². The van der Waals surface area contributed by atoms with Gasteiger partial charge in [-0.3, -0.25) is 9.59 Å². The molecule has 1 aliphatic rings. The third-order valence-corrected chi connectivity index (χ3v) is 4.99. The lowest BCUT2D eigenvalue weighted by Crippen LogP contribution is -2.33. The lowest BCUT2D eigenvalue weighted by Gasteiger charge is -2.19. The number of amides is 1. The predicted molar refractivity (Wildman–Crippen MR) is 98.8 cm³/mol.